The van der Waals surface area contributed by atoms with Crippen molar-refractivity contribution in [3.63, 3.8) is 0 Å². The summed E-state index contributed by atoms with van der Waals surface area (Å²) < 4.78 is 10.6. The Hall–Kier alpha value is -1.44. The van der Waals surface area contributed by atoms with Crippen molar-refractivity contribution in [3.8, 4) is 0 Å². The summed E-state index contributed by atoms with van der Waals surface area (Å²) in [6.45, 7) is 8.46. The van der Waals surface area contributed by atoms with Crippen LogP contribution in [-0.4, -0.2) is 71.0 Å². The SMILES string of the molecule is Cc1noc(C)c1CN1CCC(N2CCOCC2)CC1C(=O)O. The Morgan fingerprint density at radius 2 is 2.04 bits per heavy atom. The summed E-state index contributed by atoms with van der Waals surface area (Å²) >= 11 is 0. The number of aryl methyl sites for hydroxylation is 2. The number of hydrogen-bond acceptors (Lipinski definition) is 6. The highest BCUT2D eigenvalue weighted by molar-refractivity contribution is 5.73. The minimum atomic E-state index is -0.741. The van der Waals surface area contributed by atoms with Gasteiger partial charge in [0.05, 0.1) is 18.9 Å². The summed E-state index contributed by atoms with van der Waals surface area (Å²) in [5.74, 6) is 0.0386. The molecule has 128 valence electrons. The van der Waals surface area contributed by atoms with Crippen molar-refractivity contribution in [2.24, 2.45) is 0 Å². The van der Waals surface area contributed by atoms with Crippen LogP contribution in [0, 0.1) is 13.8 Å². The van der Waals surface area contributed by atoms with Gasteiger partial charge in [-0.3, -0.25) is 14.6 Å². The van der Waals surface area contributed by atoms with E-state index in [4.69, 9.17) is 9.26 Å². The largest absolute Gasteiger partial charge is 0.480 e. The first-order valence-corrected chi connectivity index (χ1v) is 8.26. The predicted molar refractivity (Wildman–Crippen MR) is 83.2 cm³/mol. The zero-order valence-electron chi connectivity index (χ0n) is 13.8. The van der Waals surface area contributed by atoms with Gasteiger partial charge >= 0.3 is 5.97 Å². The van der Waals surface area contributed by atoms with Crippen molar-refractivity contribution in [1.82, 2.24) is 15.0 Å². The smallest absolute Gasteiger partial charge is 0.320 e. The van der Waals surface area contributed by atoms with Crippen LogP contribution in [-0.2, 0) is 16.1 Å². The van der Waals surface area contributed by atoms with Crippen LogP contribution in [0.3, 0.4) is 0 Å². The molecule has 3 rings (SSSR count). The van der Waals surface area contributed by atoms with E-state index in [-0.39, 0.29) is 0 Å². The molecular formula is C16H25N3O4. The van der Waals surface area contributed by atoms with Gasteiger partial charge in [0.25, 0.3) is 0 Å². The summed E-state index contributed by atoms with van der Waals surface area (Å²) in [5, 5.41) is 13.6. The summed E-state index contributed by atoms with van der Waals surface area (Å²) in [6.07, 6.45) is 1.66. The van der Waals surface area contributed by atoms with Crippen LogP contribution in [0.4, 0.5) is 0 Å². The first-order chi connectivity index (χ1) is 11.1. The van der Waals surface area contributed by atoms with Gasteiger partial charge in [0, 0.05) is 37.8 Å². The number of nitrogens with zero attached hydrogens (tertiary/aromatic N) is 3. The molecule has 0 bridgehead atoms. The van der Waals surface area contributed by atoms with Crippen molar-refractivity contribution in [2.45, 2.75) is 45.3 Å². The second-order valence-electron chi connectivity index (χ2n) is 6.45. The fourth-order valence-electron chi connectivity index (χ4n) is 3.65. The van der Waals surface area contributed by atoms with Gasteiger partial charge in [-0.05, 0) is 26.7 Å². The topological polar surface area (TPSA) is 79.0 Å². The number of aromatic nitrogens is 1. The molecule has 2 aliphatic heterocycles. The molecule has 2 atom stereocenters. The van der Waals surface area contributed by atoms with E-state index in [9.17, 15) is 9.90 Å². The molecule has 0 aliphatic carbocycles. The Kier molecular flexibility index (Phi) is 4.99. The number of ether oxygens (including phenoxy) is 1. The number of morpholine rings is 1. The Bertz CT molecular complexity index is 534. The molecule has 0 spiro atoms. The third-order valence-corrected chi connectivity index (χ3v) is 5.08. The van der Waals surface area contributed by atoms with Crippen LogP contribution in [0.15, 0.2) is 4.52 Å². The lowest BCUT2D eigenvalue weighted by Crippen LogP contribution is -2.54. The third kappa shape index (κ3) is 3.57. The average Bonchev–Trinajstić information content (AvgIpc) is 2.88. The quantitative estimate of drug-likeness (QED) is 0.887. The predicted octanol–water partition coefficient (Wildman–Crippen LogP) is 1.04. The summed E-state index contributed by atoms with van der Waals surface area (Å²) in [6, 6.07) is -0.119. The standard InChI is InChI=1S/C16H25N3O4/c1-11-14(12(2)23-17-11)10-19-4-3-13(9-15(19)16(20)21)18-5-7-22-8-6-18/h13,15H,3-10H2,1-2H3,(H,20,21). The Morgan fingerprint density at radius 1 is 1.30 bits per heavy atom. The van der Waals surface area contributed by atoms with Gasteiger partial charge in [0.1, 0.15) is 11.8 Å². The van der Waals surface area contributed by atoms with Crippen molar-refractivity contribution in [3.05, 3.63) is 17.0 Å². The van der Waals surface area contributed by atoms with Crippen LogP contribution >= 0.6 is 0 Å². The fraction of sp³-hybridized carbons (Fsp3) is 0.750. The van der Waals surface area contributed by atoms with Crippen molar-refractivity contribution < 1.29 is 19.2 Å². The highest BCUT2D eigenvalue weighted by atomic mass is 16.5. The number of hydrogen-bond donors (Lipinski definition) is 1. The van der Waals surface area contributed by atoms with E-state index >= 15 is 0 Å². The number of carbonyl (C=O) groups is 1. The lowest BCUT2D eigenvalue weighted by molar-refractivity contribution is -0.146. The minimum absolute atomic E-state index is 0.334. The molecule has 23 heavy (non-hydrogen) atoms. The molecule has 2 saturated heterocycles. The van der Waals surface area contributed by atoms with Crippen LogP contribution in [0.2, 0.25) is 0 Å². The maximum absolute atomic E-state index is 11.8. The number of aliphatic carboxylic acids is 1. The second-order valence-corrected chi connectivity index (χ2v) is 6.45. The molecule has 0 radical (unpaired) electrons. The average molecular weight is 323 g/mol. The van der Waals surface area contributed by atoms with Gasteiger partial charge in [-0.15, -0.1) is 0 Å². The van der Waals surface area contributed by atoms with Gasteiger partial charge in [0.2, 0.25) is 0 Å². The van der Waals surface area contributed by atoms with Gasteiger partial charge in [-0.25, -0.2) is 0 Å². The van der Waals surface area contributed by atoms with Gasteiger partial charge < -0.3 is 14.4 Å². The molecule has 1 aromatic heterocycles. The number of likely N-dealkylation sites (tertiary alicyclic amines) is 1. The van der Waals surface area contributed by atoms with E-state index in [1.807, 2.05) is 18.7 Å². The summed E-state index contributed by atoms with van der Waals surface area (Å²) in [5.41, 5.74) is 1.86. The molecule has 2 aliphatic rings. The summed E-state index contributed by atoms with van der Waals surface area (Å²) in [4.78, 5) is 16.2. The second kappa shape index (κ2) is 6.98. The monoisotopic (exact) mass is 323 g/mol. The number of carboxylic acid groups (broad SMARTS) is 1. The molecule has 3 heterocycles. The zero-order chi connectivity index (χ0) is 16.4. The van der Waals surface area contributed by atoms with E-state index in [0.29, 0.717) is 19.0 Å². The third-order valence-electron chi connectivity index (χ3n) is 5.08. The van der Waals surface area contributed by atoms with E-state index in [1.54, 1.807) is 0 Å². The first kappa shape index (κ1) is 16.4. The Morgan fingerprint density at radius 3 is 2.65 bits per heavy atom. The lowest BCUT2D eigenvalue weighted by atomic mass is 9.94. The highest BCUT2D eigenvalue weighted by Gasteiger charge is 2.36. The van der Waals surface area contributed by atoms with Gasteiger partial charge in [0.15, 0.2) is 0 Å². The number of carboxylic acids is 1. The normalized spacial score (nSPS) is 27.2. The van der Waals surface area contributed by atoms with E-state index in [2.05, 4.69) is 10.1 Å². The van der Waals surface area contributed by atoms with E-state index in [1.165, 1.54) is 0 Å². The molecule has 1 aromatic rings. The first-order valence-electron chi connectivity index (χ1n) is 8.26. The van der Waals surface area contributed by atoms with Crippen LogP contribution < -0.4 is 0 Å². The number of rotatable bonds is 4. The molecule has 0 saturated carbocycles. The fourth-order valence-corrected chi connectivity index (χ4v) is 3.65. The maximum Gasteiger partial charge on any atom is 0.320 e. The van der Waals surface area contributed by atoms with Crippen molar-refractivity contribution in [1.29, 1.82) is 0 Å². The van der Waals surface area contributed by atoms with Crippen LogP contribution in [0.25, 0.3) is 0 Å². The molecular weight excluding hydrogens is 298 g/mol. The van der Waals surface area contributed by atoms with Crippen LogP contribution in [0.1, 0.15) is 29.9 Å². The lowest BCUT2D eigenvalue weighted by Gasteiger charge is -2.43. The molecule has 1 N–H and O–H groups in total. The Labute approximate surface area is 136 Å². The van der Waals surface area contributed by atoms with Crippen molar-refractivity contribution in [2.75, 3.05) is 32.8 Å². The zero-order valence-corrected chi connectivity index (χ0v) is 13.8. The number of piperidine rings is 1. The van der Waals surface area contributed by atoms with Gasteiger partial charge in [-0.1, -0.05) is 5.16 Å². The molecule has 7 nitrogen and oxygen atoms in total. The maximum atomic E-state index is 11.8. The molecule has 0 aromatic carbocycles. The minimum Gasteiger partial charge on any atom is -0.480 e. The Balaban J connectivity index is 1.69. The molecule has 7 heteroatoms. The van der Waals surface area contributed by atoms with E-state index < -0.39 is 12.0 Å². The van der Waals surface area contributed by atoms with Gasteiger partial charge in [-0.2, -0.15) is 0 Å². The molecule has 0 amide bonds. The molecule has 2 unspecified atom stereocenters. The molecule has 2 fully saturated rings. The highest BCUT2D eigenvalue weighted by Crippen LogP contribution is 2.26. The van der Waals surface area contributed by atoms with Crippen LogP contribution in [0.5, 0.6) is 0 Å². The van der Waals surface area contributed by atoms with Crippen molar-refractivity contribution >= 4 is 5.97 Å². The van der Waals surface area contributed by atoms with E-state index in [0.717, 1.165) is 56.3 Å². The summed E-state index contributed by atoms with van der Waals surface area (Å²) in [7, 11) is 0.